The van der Waals surface area contributed by atoms with Gasteiger partial charge < -0.3 is 31.4 Å². The Morgan fingerprint density at radius 2 is 2.00 bits per heavy atom. The van der Waals surface area contributed by atoms with E-state index in [0.29, 0.717) is 34.8 Å². The summed E-state index contributed by atoms with van der Waals surface area (Å²) in [5.41, 5.74) is 14.0. The summed E-state index contributed by atoms with van der Waals surface area (Å²) in [7, 11) is 0. The summed E-state index contributed by atoms with van der Waals surface area (Å²) in [5, 5.41) is 13.2. The number of aliphatic hydroxyl groups is 1. The summed E-state index contributed by atoms with van der Waals surface area (Å²) >= 11 is 6.11. The molecular weight excluding hydrogens is 480 g/mol. The molecule has 2 heterocycles. The molecule has 0 aliphatic carbocycles. The van der Waals surface area contributed by atoms with Gasteiger partial charge in [-0.2, -0.15) is 0 Å². The van der Waals surface area contributed by atoms with E-state index in [9.17, 15) is 14.7 Å². The number of amides is 2. The minimum atomic E-state index is -0.633. The zero-order chi connectivity index (χ0) is 26.4. The maximum absolute atomic E-state index is 13.5. The molecule has 1 aromatic carbocycles. The average Bonchev–Trinajstić information content (AvgIpc) is 3.51. The molecule has 0 radical (unpaired) electrons. The molecule has 1 fully saturated rings. The Balaban J connectivity index is 1.74. The number of hydrogen-bond donors (Lipinski definition) is 4. The molecule has 1 aliphatic heterocycles. The topological polar surface area (TPSA) is 140 Å². The first kappa shape index (κ1) is 27.3. The van der Waals surface area contributed by atoms with Crippen LogP contribution in [0.3, 0.4) is 0 Å². The Bertz CT molecular complexity index is 1120. The molecule has 3 rings (SSSR count). The second-order valence-electron chi connectivity index (χ2n) is 9.33. The Labute approximate surface area is 216 Å². The molecule has 194 valence electrons. The third kappa shape index (κ3) is 6.09. The highest BCUT2D eigenvalue weighted by atomic mass is 35.5. The van der Waals surface area contributed by atoms with E-state index in [2.05, 4.69) is 10.3 Å². The van der Waals surface area contributed by atoms with Crippen LogP contribution in [0.15, 0.2) is 54.1 Å². The minimum absolute atomic E-state index is 0.0226. The number of aliphatic hydroxyl groups excluding tert-OH is 1. The van der Waals surface area contributed by atoms with Gasteiger partial charge in [0, 0.05) is 12.7 Å². The Morgan fingerprint density at radius 1 is 1.31 bits per heavy atom. The van der Waals surface area contributed by atoms with Crippen molar-refractivity contribution in [2.75, 3.05) is 13.2 Å². The third-order valence-corrected chi connectivity index (χ3v) is 6.73. The number of aryl methyl sites for hydroxylation is 1. The number of imidazole rings is 1. The van der Waals surface area contributed by atoms with E-state index in [1.165, 1.54) is 12.3 Å². The van der Waals surface area contributed by atoms with Gasteiger partial charge in [-0.1, -0.05) is 49.7 Å². The van der Waals surface area contributed by atoms with Crippen molar-refractivity contribution in [2.45, 2.75) is 51.7 Å². The number of carbonyl (C=O) groups excluding carboxylic acids is 2. The molecule has 0 spiro atoms. The average molecular weight is 515 g/mol. The lowest BCUT2D eigenvalue weighted by Crippen LogP contribution is -2.49. The lowest BCUT2D eigenvalue weighted by Gasteiger charge is -2.31. The SMILES string of the molecule is Cc1cn([C@H](C(=O)N2CCC[C@H]2C(=O)N[C@@H](CO)c2ccc(/C(N)=C(Cl)/C=C\N)cc2)C(C)C)cn1. The van der Waals surface area contributed by atoms with Crippen LogP contribution in [0.4, 0.5) is 0 Å². The Hall–Kier alpha value is -3.30. The van der Waals surface area contributed by atoms with Crippen LogP contribution in [0.2, 0.25) is 0 Å². The van der Waals surface area contributed by atoms with Crippen LogP contribution in [-0.2, 0) is 9.59 Å². The molecule has 1 aliphatic rings. The van der Waals surface area contributed by atoms with Crippen molar-refractivity contribution in [2.24, 2.45) is 17.4 Å². The van der Waals surface area contributed by atoms with E-state index in [0.717, 1.165) is 12.1 Å². The van der Waals surface area contributed by atoms with Gasteiger partial charge in [0.2, 0.25) is 11.8 Å². The summed E-state index contributed by atoms with van der Waals surface area (Å²) in [6.07, 6.45) is 7.61. The van der Waals surface area contributed by atoms with Crippen molar-refractivity contribution in [3.8, 4) is 0 Å². The minimum Gasteiger partial charge on any atom is -0.405 e. The van der Waals surface area contributed by atoms with Crippen molar-refractivity contribution >= 4 is 29.1 Å². The summed E-state index contributed by atoms with van der Waals surface area (Å²) < 4.78 is 1.82. The van der Waals surface area contributed by atoms with Gasteiger partial charge in [0.25, 0.3) is 0 Å². The third-order valence-electron chi connectivity index (χ3n) is 6.40. The number of rotatable bonds is 9. The number of nitrogens with one attached hydrogen (secondary N) is 1. The number of likely N-dealkylation sites (tertiary alicyclic amines) is 1. The van der Waals surface area contributed by atoms with Crippen molar-refractivity contribution in [3.05, 3.63) is 70.9 Å². The van der Waals surface area contributed by atoms with Gasteiger partial charge in [0.1, 0.15) is 12.1 Å². The standard InChI is InChI=1S/C26H35ClN6O3/c1-16(2)24(32-13-17(3)30-15-32)26(36)33-12-4-5-22(33)25(35)31-21(14-34)18-6-8-19(9-7-18)23(29)20(27)10-11-28/h6-11,13,15-16,21-22,24,34H,4-5,12,14,28-29H2,1-3H3,(H,31,35)/b11-10-,23-20+/t21-,22-,24-/m0/s1. The normalized spacial score (nSPS) is 18.4. The number of aromatic nitrogens is 2. The van der Waals surface area contributed by atoms with Crippen molar-refractivity contribution < 1.29 is 14.7 Å². The van der Waals surface area contributed by atoms with Gasteiger partial charge in [0.05, 0.1) is 35.4 Å². The van der Waals surface area contributed by atoms with Crippen LogP contribution in [0, 0.1) is 12.8 Å². The smallest absolute Gasteiger partial charge is 0.246 e. The number of nitrogens with zero attached hydrogens (tertiary/aromatic N) is 3. The van der Waals surface area contributed by atoms with Crippen LogP contribution in [-0.4, -0.2) is 50.6 Å². The Morgan fingerprint density at radius 3 is 2.56 bits per heavy atom. The van der Waals surface area contributed by atoms with Gasteiger partial charge in [-0.25, -0.2) is 4.98 Å². The van der Waals surface area contributed by atoms with E-state index >= 15 is 0 Å². The van der Waals surface area contributed by atoms with Gasteiger partial charge in [-0.3, -0.25) is 9.59 Å². The van der Waals surface area contributed by atoms with Gasteiger partial charge in [0.15, 0.2) is 0 Å². The van der Waals surface area contributed by atoms with E-state index in [-0.39, 0.29) is 24.3 Å². The number of halogens is 1. The second kappa shape index (κ2) is 12.1. The van der Waals surface area contributed by atoms with Gasteiger partial charge >= 0.3 is 0 Å². The summed E-state index contributed by atoms with van der Waals surface area (Å²) in [5.74, 6) is -0.367. The number of hydrogen-bond acceptors (Lipinski definition) is 6. The monoisotopic (exact) mass is 514 g/mol. The molecule has 2 aromatic rings. The second-order valence-corrected chi connectivity index (χ2v) is 9.73. The Kier molecular flexibility index (Phi) is 9.17. The maximum atomic E-state index is 13.5. The zero-order valence-corrected chi connectivity index (χ0v) is 21.7. The molecular formula is C26H35ClN6O3. The fraction of sp³-hybridized carbons (Fsp3) is 0.423. The molecule has 0 saturated carbocycles. The predicted molar refractivity (Wildman–Crippen MR) is 140 cm³/mol. The molecule has 0 bridgehead atoms. The lowest BCUT2D eigenvalue weighted by atomic mass is 10.0. The quantitative estimate of drug-likeness (QED) is 0.379. The summed E-state index contributed by atoms with van der Waals surface area (Å²) in [6.45, 7) is 6.06. The highest BCUT2D eigenvalue weighted by Crippen LogP contribution is 2.27. The molecule has 36 heavy (non-hydrogen) atoms. The van der Waals surface area contributed by atoms with Gasteiger partial charge in [-0.15, -0.1) is 0 Å². The fourth-order valence-corrected chi connectivity index (χ4v) is 4.71. The fourth-order valence-electron chi connectivity index (χ4n) is 4.53. The first-order valence-electron chi connectivity index (χ1n) is 12.0. The number of allylic oxidation sites excluding steroid dienone is 2. The predicted octanol–water partition coefficient (Wildman–Crippen LogP) is 2.57. The zero-order valence-electron chi connectivity index (χ0n) is 20.9. The van der Waals surface area contributed by atoms with Crippen LogP contribution < -0.4 is 16.8 Å². The molecule has 1 saturated heterocycles. The number of nitrogens with two attached hydrogens (primary N) is 2. The van der Waals surface area contributed by atoms with Crippen LogP contribution in [0.5, 0.6) is 0 Å². The van der Waals surface area contributed by atoms with Crippen LogP contribution >= 0.6 is 11.6 Å². The van der Waals surface area contributed by atoms with Crippen LogP contribution in [0.1, 0.15) is 55.6 Å². The van der Waals surface area contributed by atoms with Crippen molar-refractivity contribution in [1.29, 1.82) is 0 Å². The summed E-state index contributed by atoms with van der Waals surface area (Å²) in [4.78, 5) is 32.7. The first-order chi connectivity index (χ1) is 17.2. The molecule has 3 atom stereocenters. The molecule has 2 amide bonds. The largest absolute Gasteiger partial charge is 0.405 e. The van der Waals surface area contributed by atoms with E-state index in [4.69, 9.17) is 23.1 Å². The van der Waals surface area contributed by atoms with Gasteiger partial charge in [-0.05, 0) is 49.1 Å². The number of carbonyl (C=O) groups is 2. The van der Waals surface area contributed by atoms with Crippen LogP contribution in [0.25, 0.3) is 5.70 Å². The lowest BCUT2D eigenvalue weighted by molar-refractivity contribution is -0.142. The maximum Gasteiger partial charge on any atom is 0.246 e. The molecule has 0 unspecified atom stereocenters. The van der Waals surface area contributed by atoms with Crippen molar-refractivity contribution in [1.82, 2.24) is 19.8 Å². The first-order valence-corrected chi connectivity index (χ1v) is 12.4. The summed E-state index contributed by atoms with van der Waals surface area (Å²) in [6, 6.07) is 5.39. The molecule has 1 aromatic heterocycles. The highest BCUT2D eigenvalue weighted by molar-refractivity contribution is 6.34. The molecule has 10 heteroatoms. The molecule has 6 N–H and O–H groups in total. The van der Waals surface area contributed by atoms with E-state index in [1.54, 1.807) is 35.5 Å². The van der Waals surface area contributed by atoms with Crippen molar-refractivity contribution in [3.63, 3.8) is 0 Å². The van der Waals surface area contributed by atoms with E-state index in [1.807, 2.05) is 31.5 Å². The van der Waals surface area contributed by atoms with E-state index < -0.39 is 18.1 Å². The number of benzene rings is 1. The highest BCUT2D eigenvalue weighted by Gasteiger charge is 2.39. The molecule has 9 nitrogen and oxygen atoms in total.